The SMILES string of the molecule is ClCC(Cl)(Cl)N1N=C(C(Cl)(Cl)Cl)C=C(C(Cl)(Cl)Cl)N1. The van der Waals surface area contributed by atoms with Gasteiger partial charge in [0.05, 0.1) is 11.6 Å². The highest BCUT2D eigenvalue weighted by molar-refractivity contribution is 6.78. The fourth-order valence-electron chi connectivity index (χ4n) is 0.940. The van der Waals surface area contributed by atoms with E-state index in [4.69, 9.17) is 104 Å². The Bertz CT molecular complexity index is 405. The van der Waals surface area contributed by atoms with Gasteiger partial charge in [-0.3, -0.25) is 5.43 Å². The van der Waals surface area contributed by atoms with Gasteiger partial charge in [0.2, 0.25) is 12.0 Å². The minimum atomic E-state index is -1.86. The zero-order valence-corrected chi connectivity index (χ0v) is 15.4. The van der Waals surface area contributed by atoms with E-state index in [1.165, 1.54) is 6.08 Å². The van der Waals surface area contributed by atoms with Crippen molar-refractivity contribution in [2.75, 3.05) is 5.88 Å². The van der Waals surface area contributed by atoms with Crippen LogP contribution in [0.25, 0.3) is 0 Å². The maximum Gasteiger partial charge on any atom is 0.239 e. The molecule has 0 saturated carbocycles. The van der Waals surface area contributed by atoms with E-state index in [2.05, 4.69) is 10.5 Å². The minimum Gasteiger partial charge on any atom is -0.279 e. The van der Waals surface area contributed by atoms with Gasteiger partial charge in [-0.05, 0) is 6.08 Å². The normalized spacial score (nSPS) is 17.8. The lowest BCUT2D eigenvalue weighted by molar-refractivity contribution is 0.182. The highest BCUT2D eigenvalue weighted by atomic mass is 35.6. The van der Waals surface area contributed by atoms with Crippen molar-refractivity contribution in [1.82, 2.24) is 10.5 Å². The first-order valence-electron chi connectivity index (χ1n) is 4.33. The highest BCUT2D eigenvalue weighted by Crippen LogP contribution is 2.39. The summed E-state index contributed by atoms with van der Waals surface area (Å²) in [4.78, 5) is 0. The third-order valence-electron chi connectivity index (χ3n) is 1.78. The van der Waals surface area contributed by atoms with Crippen LogP contribution in [0.2, 0.25) is 0 Å². The highest BCUT2D eigenvalue weighted by Gasteiger charge is 2.41. The number of hydrogen-bond donors (Lipinski definition) is 1. The molecule has 1 rings (SSSR count). The summed E-state index contributed by atoms with van der Waals surface area (Å²) in [5.41, 5.74) is 2.57. The summed E-state index contributed by atoms with van der Waals surface area (Å²) in [7, 11) is 0. The van der Waals surface area contributed by atoms with Gasteiger partial charge in [-0.1, -0.05) is 92.8 Å². The Hall–Kier alpha value is 1.62. The zero-order valence-electron chi connectivity index (χ0n) is 8.58. The Morgan fingerprint density at radius 3 is 1.89 bits per heavy atom. The van der Waals surface area contributed by atoms with Crippen LogP contribution in [0, 0.1) is 0 Å². The molecule has 0 amide bonds. The fraction of sp³-hybridized carbons (Fsp3) is 0.571. The van der Waals surface area contributed by atoms with Crippen LogP contribution in [0.15, 0.2) is 16.9 Å². The molecule has 0 radical (unpaired) electrons. The minimum absolute atomic E-state index is 0.0459. The standard InChI is InChI=1S/C7H4Cl9N3/c8-2-5(9,10)19-17-3(6(11,12)13)1-4(18-19)7(14,15)16/h1,17H,2H2. The fourth-order valence-corrected chi connectivity index (χ4v) is 1.78. The van der Waals surface area contributed by atoms with Crippen molar-refractivity contribution in [3.63, 3.8) is 0 Å². The summed E-state index contributed by atoms with van der Waals surface area (Å²) in [6.07, 6.45) is 1.26. The topological polar surface area (TPSA) is 27.6 Å². The molecule has 1 aliphatic heterocycles. The van der Waals surface area contributed by atoms with Gasteiger partial charge < -0.3 is 0 Å². The van der Waals surface area contributed by atoms with Gasteiger partial charge in [0.25, 0.3) is 0 Å². The number of rotatable bonds is 2. The maximum atomic E-state index is 5.93. The summed E-state index contributed by atoms with van der Waals surface area (Å²) in [6, 6.07) is 0. The van der Waals surface area contributed by atoms with Crippen LogP contribution in [0.1, 0.15) is 0 Å². The molecule has 0 atom stereocenters. The molecule has 0 aromatic heterocycles. The average Bonchev–Trinajstić information content (AvgIpc) is 2.26. The van der Waals surface area contributed by atoms with E-state index in [1.807, 2.05) is 0 Å². The molecular weight excluding hydrogens is 445 g/mol. The van der Waals surface area contributed by atoms with Crippen LogP contribution >= 0.6 is 104 Å². The third kappa shape index (κ3) is 5.08. The average molecular weight is 449 g/mol. The van der Waals surface area contributed by atoms with E-state index in [1.54, 1.807) is 0 Å². The Morgan fingerprint density at radius 2 is 1.53 bits per heavy atom. The predicted molar refractivity (Wildman–Crippen MR) is 86.2 cm³/mol. The molecule has 0 fully saturated rings. The van der Waals surface area contributed by atoms with Gasteiger partial charge in [0.15, 0.2) is 0 Å². The Labute approximate surface area is 154 Å². The van der Waals surface area contributed by atoms with Crippen LogP contribution in [0.4, 0.5) is 0 Å². The van der Waals surface area contributed by atoms with Crippen LogP contribution in [0.3, 0.4) is 0 Å². The molecule has 0 aliphatic carbocycles. The first-order chi connectivity index (χ1) is 8.38. The number of nitrogens with zero attached hydrogens (tertiary/aromatic N) is 2. The second kappa shape index (κ2) is 6.39. The monoisotopic (exact) mass is 445 g/mol. The lowest BCUT2D eigenvalue weighted by atomic mass is 10.3. The molecule has 0 bridgehead atoms. The lowest BCUT2D eigenvalue weighted by Crippen LogP contribution is -2.51. The molecule has 0 aromatic carbocycles. The summed E-state index contributed by atoms with van der Waals surface area (Å²) in [5.74, 6) is -0.215. The van der Waals surface area contributed by atoms with E-state index in [9.17, 15) is 0 Å². The van der Waals surface area contributed by atoms with Crippen molar-refractivity contribution in [3.05, 3.63) is 11.8 Å². The molecular formula is C7H4Cl9N3. The molecule has 12 heteroatoms. The lowest BCUT2D eigenvalue weighted by Gasteiger charge is -2.37. The molecule has 0 aromatic rings. The summed E-state index contributed by atoms with van der Waals surface area (Å²) >= 11 is 52.0. The van der Waals surface area contributed by atoms with E-state index >= 15 is 0 Å². The molecule has 0 saturated heterocycles. The van der Waals surface area contributed by atoms with Crippen molar-refractivity contribution >= 4 is 110 Å². The van der Waals surface area contributed by atoms with E-state index in [0.717, 1.165) is 5.12 Å². The van der Waals surface area contributed by atoms with Crippen LogP contribution in [-0.2, 0) is 0 Å². The van der Waals surface area contributed by atoms with Crippen molar-refractivity contribution in [2.24, 2.45) is 5.10 Å². The Morgan fingerprint density at radius 1 is 1.00 bits per heavy atom. The smallest absolute Gasteiger partial charge is 0.239 e. The first kappa shape index (κ1) is 18.7. The van der Waals surface area contributed by atoms with Gasteiger partial charge in [-0.25, -0.2) is 0 Å². The quantitative estimate of drug-likeness (QED) is 0.466. The Kier molecular flexibility index (Phi) is 6.28. The first-order valence-corrected chi connectivity index (χ1v) is 7.89. The number of hydrogen-bond acceptors (Lipinski definition) is 3. The molecule has 19 heavy (non-hydrogen) atoms. The largest absolute Gasteiger partial charge is 0.279 e. The second-order valence-corrected chi connectivity index (χ2v) is 9.54. The van der Waals surface area contributed by atoms with Crippen LogP contribution in [0.5, 0.6) is 0 Å². The molecule has 1 heterocycles. The van der Waals surface area contributed by atoms with Gasteiger partial charge in [0.1, 0.15) is 5.71 Å². The molecule has 1 N–H and O–H groups in total. The van der Waals surface area contributed by atoms with E-state index < -0.39 is 12.0 Å². The van der Waals surface area contributed by atoms with Crippen molar-refractivity contribution < 1.29 is 0 Å². The molecule has 110 valence electrons. The summed E-state index contributed by atoms with van der Waals surface area (Å²) < 4.78 is -5.33. The number of halogens is 9. The van der Waals surface area contributed by atoms with Gasteiger partial charge in [0, 0.05) is 0 Å². The molecule has 0 spiro atoms. The predicted octanol–water partition coefficient (Wildman–Crippen LogP) is 5.16. The second-order valence-electron chi connectivity index (χ2n) is 3.26. The van der Waals surface area contributed by atoms with Crippen molar-refractivity contribution in [1.29, 1.82) is 0 Å². The summed E-state index contributed by atoms with van der Waals surface area (Å²) in [5, 5.41) is 4.83. The molecule has 1 aliphatic rings. The zero-order chi connectivity index (χ0) is 15.1. The van der Waals surface area contributed by atoms with Crippen LogP contribution in [-0.4, -0.2) is 28.8 Å². The molecule has 0 unspecified atom stereocenters. The Balaban J connectivity index is 3.23. The van der Waals surface area contributed by atoms with Gasteiger partial charge in [-0.2, -0.15) is 10.2 Å². The van der Waals surface area contributed by atoms with Crippen molar-refractivity contribution in [2.45, 2.75) is 12.0 Å². The van der Waals surface area contributed by atoms with Crippen molar-refractivity contribution in [3.8, 4) is 0 Å². The number of hydrazine groups is 1. The number of allylic oxidation sites excluding steroid dienone is 2. The van der Waals surface area contributed by atoms with Crippen LogP contribution < -0.4 is 5.43 Å². The maximum absolute atomic E-state index is 5.93. The molecule has 3 nitrogen and oxygen atoms in total. The number of nitrogens with one attached hydrogen (secondary N) is 1. The number of hydrazone groups is 1. The van der Waals surface area contributed by atoms with E-state index in [0.29, 0.717) is 0 Å². The number of alkyl halides is 9. The van der Waals surface area contributed by atoms with Gasteiger partial charge >= 0.3 is 0 Å². The third-order valence-corrected chi connectivity index (χ3v) is 4.22. The summed E-state index contributed by atoms with van der Waals surface area (Å²) in [6.45, 7) is 0. The van der Waals surface area contributed by atoms with Gasteiger partial charge in [-0.15, -0.1) is 11.6 Å². The van der Waals surface area contributed by atoms with E-state index in [-0.39, 0.29) is 17.3 Å².